The lowest BCUT2D eigenvalue weighted by Gasteiger charge is -2.42. The summed E-state index contributed by atoms with van der Waals surface area (Å²) in [6.07, 6.45) is 0. The predicted molar refractivity (Wildman–Crippen MR) is 59.5 cm³/mol. The SMILES string of the molecule is CCN1CC(C(C)C)N(CCO)CC1=O. The molecule has 1 amide bonds. The van der Waals surface area contributed by atoms with E-state index in [2.05, 4.69) is 18.7 Å². The number of amides is 1. The van der Waals surface area contributed by atoms with Crippen LogP contribution in [0.25, 0.3) is 0 Å². The molecule has 4 nitrogen and oxygen atoms in total. The van der Waals surface area contributed by atoms with Gasteiger partial charge in [0.25, 0.3) is 0 Å². The van der Waals surface area contributed by atoms with Gasteiger partial charge in [0.2, 0.25) is 5.91 Å². The number of hydrogen-bond acceptors (Lipinski definition) is 3. The van der Waals surface area contributed by atoms with Crippen LogP contribution in [-0.2, 0) is 4.79 Å². The number of aliphatic hydroxyl groups is 1. The van der Waals surface area contributed by atoms with Crippen molar-refractivity contribution in [3.63, 3.8) is 0 Å². The minimum atomic E-state index is 0.128. The number of carbonyl (C=O) groups excluding carboxylic acids is 1. The number of piperazine rings is 1. The minimum Gasteiger partial charge on any atom is -0.395 e. The Balaban J connectivity index is 2.67. The second kappa shape index (κ2) is 5.47. The summed E-state index contributed by atoms with van der Waals surface area (Å²) in [6, 6.07) is 0.384. The molecule has 0 radical (unpaired) electrons. The van der Waals surface area contributed by atoms with Crippen molar-refractivity contribution < 1.29 is 9.90 Å². The standard InChI is InChI=1S/C11H22N2O2/c1-4-12-7-10(9(2)3)13(5-6-14)8-11(12)15/h9-10,14H,4-8H2,1-3H3. The van der Waals surface area contributed by atoms with E-state index in [1.165, 1.54) is 0 Å². The van der Waals surface area contributed by atoms with E-state index >= 15 is 0 Å². The lowest BCUT2D eigenvalue weighted by molar-refractivity contribution is -0.139. The molecule has 1 atom stereocenters. The number of rotatable bonds is 4. The highest BCUT2D eigenvalue weighted by Crippen LogP contribution is 2.17. The van der Waals surface area contributed by atoms with Gasteiger partial charge in [0.15, 0.2) is 0 Å². The van der Waals surface area contributed by atoms with Crippen LogP contribution in [0.2, 0.25) is 0 Å². The topological polar surface area (TPSA) is 43.8 Å². The third-order valence-electron chi connectivity index (χ3n) is 3.11. The Labute approximate surface area is 91.9 Å². The van der Waals surface area contributed by atoms with Crippen molar-refractivity contribution in [3.8, 4) is 0 Å². The van der Waals surface area contributed by atoms with Crippen molar-refractivity contribution in [1.82, 2.24) is 9.80 Å². The molecule has 0 bridgehead atoms. The summed E-state index contributed by atoms with van der Waals surface area (Å²) < 4.78 is 0. The van der Waals surface area contributed by atoms with E-state index in [0.29, 0.717) is 25.0 Å². The molecule has 0 aliphatic carbocycles. The van der Waals surface area contributed by atoms with E-state index < -0.39 is 0 Å². The third kappa shape index (κ3) is 2.92. The molecular weight excluding hydrogens is 192 g/mol. The first-order valence-corrected chi connectivity index (χ1v) is 5.72. The van der Waals surface area contributed by atoms with Gasteiger partial charge in [-0.3, -0.25) is 9.69 Å². The lowest BCUT2D eigenvalue weighted by atomic mass is 9.99. The summed E-state index contributed by atoms with van der Waals surface area (Å²) >= 11 is 0. The van der Waals surface area contributed by atoms with Crippen LogP contribution < -0.4 is 0 Å². The molecule has 1 aliphatic rings. The quantitative estimate of drug-likeness (QED) is 0.725. The largest absolute Gasteiger partial charge is 0.395 e. The van der Waals surface area contributed by atoms with Crippen LogP contribution in [0.3, 0.4) is 0 Å². The maximum absolute atomic E-state index is 11.7. The van der Waals surface area contributed by atoms with E-state index in [1.54, 1.807) is 0 Å². The summed E-state index contributed by atoms with van der Waals surface area (Å²) in [4.78, 5) is 15.7. The zero-order valence-electron chi connectivity index (χ0n) is 9.94. The Bertz CT molecular complexity index is 219. The zero-order valence-corrected chi connectivity index (χ0v) is 9.94. The van der Waals surface area contributed by atoms with Crippen LogP contribution in [0.5, 0.6) is 0 Å². The third-order valence-corrected chi connectivity index (χ3v) is 3.11. The lowest BCUT2D eigenvalue weighted by Crippen LogP contribution is -2.58. The fraction of sp³-hybridized carbons (Fsp3) is 0.909. The molecule has 15 heavy (non-hydrogen) atoms. The molecule has 4 heteroatoms. The van der Waals surface area contributed by atoms with Gasteiger partial charge in [-0.25, -0.2) is 0 Å². The molecule has 88 valence electrons. The van der Waals surface area contributed by atoms with E-state index in [1.807, 2.05) is 11.8 Å². The highest BCUT2D eigenvalue weighted by molar-refractivity contribution is 5.79. The molecule has 0 saturated carbocycles. The Morgan fingerprint density at radius 3 is 2.67 bits per heavy atom. The molecule has 1 saturated heterocycles. The van der Waals surface area contributed by atoms with Gasteiger partial charge in [-0.2, -0.15) is 0 Å². The number of hydrogen-bond donors (Lipinski definition) is 1. The Morgan fingerprint density at radius 2 is 2.20 bits per heavy atom. The number of β-amino-alcohol motifs (C(OH)–C–C–N with tert-alkyl or cyclic N) is 1. The molecule has 1 heterocycles. The minimum absolute atomic E-state index is 0.128. The van der Waals surface area contributed by atoms with Crippen LogP contribution in [0.4, 0.5) is 0 Å². The average Bonchev–Trinajstić information content (AvgIpc) is 2.18. The Morgan fingerprint density at radius 1 is 1.53 bits per heavy atom. The molecule has 0 aromatic carbocycles. The van der Waals surface area contributed by atoms with E-state index in [4.69, 9.17) is 5.11 Å². The Hall–Kier alpha value is -0.610. The van der Waals surface area contributed by atoms with E-state index in [-0.39, 0.29) is 12.5 Å². The van der Waals surface area contributed by atoms with Gasteiger partial charge in [-0.05, 0) is 12.8 Å². The van der Waals surface area contributed by atoms with Gasteiger partial charge in [0, 0.05) is 25.7 Å². The summed E-state index contributed by atoms with van der Waals surface area (Å²) in [5.74, 6) is 0.696. The highest BCUT2D eigenvalue weighted by Gasteiger charge is 2.32. The van der Waals surface area contributed by atoms with E-state index in [0.717, 1.165) is 13.1 Å². The van der Waals surface area contributed by atoms with Crippen LogP contribution in [0, 0.1) is 5.92 Å². The monoisotopic (exact) mass is 214 g/mol. The van der Waals surface area contributed by atoms with Gasteiger partial charge in [-0.1, -0.05) is 13.8 Å². The van der Waals surface area contributed by atoms with Crippen molar-refractivity contribution in [2.45, 2.75) is 26.8 Å². The first-order valence-electron chi connectivity index (χ1n) is 5.72. The molecular formula is C11H22N2O2. The van der Waals surface area contributed by atoms with Crippen LogP contribution in [0.1, 0.15) is 20.8 Å². The smallest absolute Gasteiger partial charge is 0.236 e. The van der Waals surface area contributed by atoms with Crippen LogP contribution in [-0.4, -0.2) is 59.6 Å². The van der Waals surface area contributed by atoms with Crippen molar-refractivity contribution in [2.24, 2.45) is 5.92 Å². The average molecular weight is 214 g/mol. The zero-order chi connectivity index (χ0) is 11.4. The van der Waals surface area contributed by atoms with Crippen LogP contribution >= 0.6 is 0 Å². The first-order chi connectivity index (χ1) is 7.10. The first kappa shape index (κ1) is 12.5. The van der Waals surface area contributed by atoms with E-state index in [9.17, 15) is 4.79 Å². The molecule has 0 aromatic heterocycles. The molecule has 1 fully saturated rings. The maximum Gasteiger partial charge on any atom is 0.236 e. The fourth-order valence-electron chi connectivity index (χ4n) is 2.15. The van der Waals surface area contributed by atoms with Crippen molar-refractivity contribution >= 4 is 5.91 Å². The second-order valence-corrected chi connectivity index (χ2v) is 4.44. The number of nitrogens with zero attached hydrogens (tertiary/aromatic N) is 2. The molecule has 0 aromatic rings. The van der Waals surface area contributed by atoms with Crippen LogP contribution in [0.15, 0.2) is 0 Å². The van der Waals surface area contributed by atoms with Crippen molar-refractivity contribution in [3.05, 3.63) is 0 Å². The van der Waals surface area contributed by atoms with Crippen molar-refractivity contribution in [2.75, 3.05) is 32.8 Å². The van der Waals surface area contributed by atoms with Gasteiger partial charge in [0.05, 0.1) is 13.2 Å². The summed E-state index contributed by atoms with van der Waals surface area (Å²) in [5.41, 5.74) is 0. The summed E-state index contributed by atoms with van der Waals surface area (Å²) in [6.45, 7) is 9.11. The molecule has 1 unspecified atom stereocenters. The maximum atomic E-state index is 11.7. The van der Waals surface area contributed by atoms with Gasteiger partial charge in [0.1, 0.15) is 0 Å². The van der Waals surface area contributed by atoms with Crippen molar-refractivity contribution in [1.29, 1.82) is 0 Å². The predicted octanol–water partition coefficient (Wildman–Crippen LogP) is 0.167. The normalized spacial score (nSPS) is 23.9. The highest BCUT2D eigenvalue weighted by atomic mass is 16.3. The summed E-state index contributed by atoms with van der Waals surface area (Å²) in [7, 11) is 0. The number of carbonyl (C=O) groups is 1. The molecule has 1 N–H and O–H groups in total. The molecule has 0 spiro atoms. The van der Waals surface area contributed by atoms with Gasteiger partial charge in [-0.15, -0.1) is 0 Å². The number of likely N-dealkylation sites (N-methyl/N-ethyl adjacent to an activating group) is 1. The van der Waals surface area contributed by atoms with Gasteiger partial charge >= 0.3 is 0 Å². The molecule has 1 aliphatic heterocycles. The van der Waals surface area contributed by atoms with Gasteiger partial charge < -0.3 is 10.0 Å². The second-order valence-electron chi connectivity index (χ2n) is 4.44. The fourth-order valence-corrected chi connectivity index (χ4v) is 2.15. The molecule has 1 rings (SSSR count). The summed E-state index contributed by atoms with van der Waals surface area (Å²) in [5, 5.41) is 8.96. The number of aliphatic hydroxyl groups excluding tert-OH is 1. The Kier molecular flexibility index (Phi) is 4.54.